The smallest absolute Gasteiger partial charge is 0.265 e. The number of benzene rings is 1. The number of para-hydroxylation sites is 1. The van der Waals surface area contributed by atoms with Crippen molar-refractivity contribution in [3.05, 3.63) is 30.3 Å². The van der Waals surface area contributed by atoms with Gasteiger partial charge in [-0.05, 0) is 98.4 Å². The molecular formula is C25H32N4O2S. The van der Waals surface area contributed by atoms with Gasteiger partial charge in [0, 0.05) is 13.5 Å². The van der Waals surface area contributed by atoms with Gasteiger partial charge in [0.05, 0.1) is 11.7 Å². The molecule has 0 aromatic heterocycles. The summed E-state index contributed by atoms with van der Waals surface area (Å²) in [6, 6.07) is 9.00. The van der Waals surface area contributed by atoms with Crippen LogP contribution in [0, 0.1) is 28.6 Å². The van der Waals surface area contributed by atoms with Crippen LogP contribution in [-0.4, -0.2) is 41.1 Å². The summed E-state index contributed by atoms with van der Waals surface area (Å²) in [6.45, 7) is 1.99. The first-order chi connectivity index (χ1) is 15.3. The second kappa shape index (κ2) is 7.00. The van der Waals surface area contributed by atoms with E-state index in [1.165, 1.54) is 38.5 Å². The Balaban J connectivity index is 1.06. The third kappa shape index (κ3) is 2.97. The highest BCUT2D eigenvalue weighted by Crippen LogP contribution is 2.86. The Kier molecular flexibility index (Phi) is 4.51. The van der Waals surface area contributed by atoms with Crippen molar-refractivity contribution in [2.45, 2.75) is 64.0 Å². The molecule has 0 radical (unpaired) electrons. The molecule has 1 aromatic carbocycles. The van der Waals surface area contributed by atoms with Crippen molar-refractivity contribution in [1.82, 2.24) is 15.6 Å². The first-order valence-corrected chi connectivity index (χ1v) is 12.4. The summed E-state index contributed by atoms with van der Waals surface area (Å²) in [5, 5.41) is 9.84. The van der Waals surface area contributed by atoms with E-state index in [2.05, 4.69) is 10.6 Å². The van der Waals surface area contributed by atoms with Crippen LogP contribution in [0.15, 0.2) is 30.3 Å². The first-order valence-electron chi connectivity index (χ1n) is 12.0. The lowest BCUT2D eigenvalue weighted by Gasteiger charge is -2.26. The standard InChI is InChI=1S/C25H32N4O2S/c1-15-21(22(31)29(28(15)2)19-6-4-3-5-7-19)27-23(32)26-20(30)9-17-8-16-10-24-12-18(17)13-25(24,11-16)14-24/h3-7,15-18,21H,8-14H2,1-2H3,(H2,26,27,30,32)/t15-,16?,17+,18?,21+,24+,25+/m1/s1. The summed E-state index contributed by atoms with van der Waals surface area (Å²) in [7, 11) is 1.90. The third-order valence-electron chi connectivity index (χ3n) is 9.49. The minimum absolute atomic E-state index is 0.00917. The second-order valence-electron chi connectivity index (χ2n) is 11.2. The van der Waals surface area contributed by atoms with Gasteiger partial charge in [-0.1, -0.05) is 18.2 Å². The molecule has 6 nitrogen and oxygen atoms in total. The Morgan fingerprint density at radius 3 is 2.53 bits per heavy atom. The lowest BCUT2D eigenvalue weighted by Crippen LogP contribution is -2.50. The van der Waals surface area contributed by atoms with Gasteiger partial charge in [-0.15, -0.1) is 0 Å². The van der Waals surface area contributed by atoms with Gasteiger partial charge in [-0.2, -0.15) is 0 Å². The van der Waals surface area contributed by atoms with Gasteiger partial charge in [0.2, 0.25) is 5.91 Å². The van der Waals surface area contributed by atoms with Crippen molar-refractivity contribution in [3.8, 4) is 0 Å². The number of likely N-dealkylation sites (N-methyl/N-ethyl adjacent to an activating group) is 1. The fourth-order valence-corrected chi connectivity index (χ4v) is 8.34. The molecule has 32 heavy (non-hydrogen) atoms. The number of fused-ring (bicyclic) bond motifs is 1. The maximum absolute atomic E-state index is 13.1. The number of carbonyl (C=O) groups excluding carboxylic acids is 2. The van der Waals surface area contributed by atoms with Gasteiger partial charge >= 0.3 is 0 Å². The van der Waals surface area contributed by atoms with Gasteiger partial charge in [0.25, 0.3) is 5.91 Å². The zero-order valence-corrected chi connectivity index (χ0v) is 19.7. The summed E-state index contributed by atoms with van der Waals surface area (Å²) in [4.78, 5) is 26.0. The van der Waals surface area contributed by atoms with E-state index in [1.54, 1.807) is 5.01 Å². The molecule has 1 saturated heterocycles. The number of thiocarbonyl (C=S) groups is 1. The molecule has 7 rings (SSSR count). The number of carbonyl (C=O) groups is 2. The molecule has 1 heterocycles. The summed E-state index contributed by atoms with van der Waals surface area (Å²) in [6.07, 6.45) is 8.74. The van der Waals surface area contributed by atoms with Gasteiger partial charge < -0.3 is 10.6 Å². The molecule has 1 aliphatic heterocycles. The Hall–Kier alpha value is -1.99. The van der Waals surface area contributed by atoms with Crippen molar-refractivity contribution in [3.63, 3.8) is 0 Å². The van der Waals surface area contributed by atoms with E-state index in [-0.39, 0.29) is 23.0 Å². The van der Waals surface area contributed by atoms with E-state index >= 15 is 0 Å². The van der Waals surface area contributed by atoms with Crippen LogP contribution in [0.2, 0.25) is 0 Å². The van der Waals surface area contributed by atoms with Crippen LogP contribution in [0.5, 0.6) is 0 Å². The van der Waals surface area contributed by atoms with E-state index < -0.39 is 6.04 Å². The Morgan fingerprint density at radius 1 is 1.16 bits per heavy atom. The molecule has 5 atom stereocenters. The molecule has 170 valence electrons. The zero-order chi connectivity index (χ0) is 22.3. The zero-order valence-electron chi connectivity index (χ0n) is 18.8. The highest BCUT2D eigenvalue weighted by Gasteiger charge is 2.77. The van der Waals surface area contributed by atoms with Crippen molar-refractivity contribution in [2.24, 2.45) is 28.6 Å². The van der Waals surface area contributed by atoms with Gasteiger partial charge in [-0.3, -0.25) is 9.59 Å². The second-order valence-corrected chi connectivity index (χ2v) is 11.6. The number of nitrogens with one attached hydrogen (secondary N) is 2. The van der Waals surface area contributed by atoms with Crippen molar-refractivity contribution >= 4 is 34.8 Å². The van der Waals surface area contributed by atoms with Crippen LogP contribution >= 0.6 is 12.2 Å². The molecule has 7 heteroatoms. The fourth-order valence-electron chi connectivity index (χ4n) is 8.09. The number of hydrazine groups is 1. The maximum atomic E-state index is 13.1. The molecule has 6 aliphatic rings. The molecule has 5 aliphatic carbocycles. The molecule has 2 spiro atoms. The average Bonchev–Trinajstić information content (AvgIpc) is 3.07. The molecule has 2 N–H and O–H groups in total. The van der Waals surface area contributed by atoms with Crippen LogP contribution in [0.3, 0.4) is 0 Å². The van der Waals surface area contributed by atoms with E-state index in [0.29, 0.717) is 29.1 Å². The highest BCUT2D eigenvalue weighted by atomic mass is 32.1. The molecule has 6 fully saturated rings. The maximum Gasteiger partial charge on any atom is 0.265 e. The largest absolute Gasteiger partial charge is 0.349 e. The number of anilines is 1. The Morgan fingerprint density at radius 2 is 1.84 bits per heavy atom. The summed E-state index contributed by atoms with van der Waals surface area (Å²) in [5.74, 6) is 1.95. The monoisotopic (exact) mass is 452 g/mol. The van der Waals surface area contributed by atoms with Crippen LogP contribution in [-0.2, 0) is 9.59 Å². The number of hydrogen-bond donors (Lipinski definition) is 2. The normalized spacial score (nSPS) is 41.5. The topological polar surface area (TPSA) is 64.7 Å². The molecule has 1 aromatic rings. The number of rotatable bonds is 4. The van der Waals surface area contributed by atoms with E-state index in [1.807, 2.05) is 49.3 Å². The van der Waals surface area contributed by atoms with Gasteiger partial charge in [-0.25, -0.2) is 10.0 Å². The summed E-state index contributed by atoms with van der Waals surface area (Å²) >= 11 is 5.45. The van der Waals surface area contributed by atoms with E-state index in [0.717, 1.165) is 11.6 Å². The Labute approximate surface area is 195 Å². The van der Waals surface area contributed by atoms with Crippen molar-refractivity contribution < 1.29 is 9.59 Å². The first kappa shape index (κ1) is 20.6. The number of hydrogen-bond acceptors (Lipinski definition) is 4. The molecule has 5 saturated carbocycles. The molecule has 2 amide bonds. The predicted octanol–water partition coefficient (Wildman–Crippen LogP) is 3.23. The summed E-state index contributed by atoms with van der Waals surface area (Å²) < 4.78 is 0. The lowest BCUT2D eigenvalue weighted by molar-refractivity contribution is -0.121. The summed E-state index contributed by atoms with van der Waals surface area (Å²) in [5.41, 5.74) is 2.16. The van der Waals surface area contributed by atoms with Gasteiger partial charge in [0.1, 0.15) is 6.04 Å². The minimum atomic E-state index is -0.501. The predicted molar refractivity (Wildman–Crippen MR) is 126 cm³/mol. The lowest BCUT2D eigenvalue weighted by atomic mass is 9.84. The van der Waals surface area contributed by atoms with Crippen molar-refractivity contribution in [1.29, 1.82) is 0 Å². The van der Waals surface area contributed by atoms with Crippen LogP contribution < -0.4 is 15.6 Å². The minimum Gasteiger partial charge on any atom is -0.349 e. The average molecular weight is 453 g/mol. The highest BCUT2D eigenvalue weighted by molar-refractivity contribution is 7.80. The van der Waals surface area contributed by atoms with E-state index in [9.17, 15) is 9.59 Å². The van der Waals surface area contributed by atoms with Crippen LogP contribution in [0.1, 0.15) is 51.9 Å². The quantitative estimate of drug-likeness (QED) is 0.687. The van der Waals surface area contributed by atoms with Crippen LogP contribution in [0.25, 0.3) is 0 Å². The Bertz CT molecular complexity index is 965. The third-order valence-corrected chi connectivity index (χ3v) is 9.71. The molecule has 4 bridgehead atoms. The van der Waals surface area contributed by atoms with E-state index in [4.69, 9.17) is 12.2 Å². The number of nitrogens with zero attached hydrogens (tertiary/aromatic N) is 2. The fraction of sp³-hybridized carbons (Fsp3) is 0.640. The number of amides is 2. The molecule has 0 unspecified atom stereocenters. The van der Waals surface area contributed by atoms with Gasteiger partial charge in [0.15, 0.2) is 5.11 Å². The van der Waals surface area contributed by atoms with Crippen LogP contribution in [0.4, 0.5) is 5.69 Å². The van der Waals surface area contributed by atoms with Crippen molar-refractivity contribution in [2.75, 3.05) is 12.1 Å². The SMILES string of the molecule is C[C@@H]1[C@H](NC(=S)NC(=O)C[C@@H]2CC3C[C@@]45CC2C[C@@]4(C3)C5)C(=O)N(c2ccccc2)N1C. The molecular weight excluding hydrogens is 420 g/mol.